The monoisotopic (exact) mass is 326 g/mol. The number of thiophene rings is 1. The third-order valence-corrected chi connectivity index (χ3v) is 6.12. The van der Waals surface area contributed by atoms with Crippen LogP contribution >= 0.6 is 11.3 Å². The zero-order chi connectivity index (χ0) is 15.0. The maximum Gasteiger partial charge on any atom is 0.211 e. The standard InChI is InChI=1S/C13H18N4O2S2/c1-10-8-20-12-11(10)14-9-15-13(12)16-4-3-5-17(7-6-16)21(2,18)19/h8-9H,3-7H2,1-2H3. The minimum atomic E-state index is -3.12. The predicted molar refractivity (Wildman–Crippen MR) is 85.4 cm³/mol. The molecule has 0 spiro atoms. The van der Waals surface area contributed by atoms with Crippen LogP contribution in [0.15, 0.2) is 11.7 Å². The predicted octanol–water partition coefficient (Wildman–Crippen LogP) is 1.47. The van der Waals surface area contributed by atoms with Gasteiger partial charge < -0.3 is 4.90 Å². The van der Waals surface area contributed by atoms with Crippen molar-refractivity contribution >= 4 is 37.4 Å². The second-order valence-corrected chi connectivity index (χ2v) is 8.16. The number of hydrogen-bond acceptors (Lipinski definition) is 6. The van der Waals surface area contributed by atoms with Gasteiger partial charge in [-0.15, -0.1) is 11.3 Å². The maximum atomic E-state index is 11.7. The van der Waals surface area contributed by atoms with Gasteiger partial charge in [0.1, 0.15) is 12.1 Å². The van der Waals surface area contributed by atoms with E-state index in [0.717, 1.165) is 34.6 Å². The Hall–Kier alpha value is -1.25. The van der Waals surface area contributed by atoms with E-state index in [9.17, 15) is 8.42 Å². The van der Waals surface area contributed by atoms with Crippen LogP contribution in [0.4, 0.5) is 5.82 Å². The summed E-state index contributed by atoms with van der Waals surface area (Å²) in [5, 5.41) is 2.09. The van der Waals surface area contributed by atoms with Crippen molar-refractivity contribution in [1.29, 1.82) is 0 Å². The van der Waals surface area contributed by atoms with Gasteiger partial charge in [-0.05, 0) is 24.3 Å². The molecular formula is C13H18N4O2S2. The van der Waals surface area contributed by atoms with E-state index in [1.165, 1.54) is 6.26 Å². The molecule has 1 fully saturated rings. The average Bonchev–Trinajstić information content (AvgIpc) is 2.67. The number of aryl methyl sites for hydroxylation is 1. The molecule has 0 aromatic carbocycles. The number of rotatable bonds is 2. The van der Waals surface area contributed by atoms with Crippen molar-refractivity contribution < 1.29 is 8.42 Å². The minimum Gasteiger partial charge on any atom is -0.354 e. The van der Waals surface area contributed by atoms with Crippen molar-refractivity contribution in [3.8, 4) is 0 Å². The van der Waals surface area contributed by atoms with Crippen LogP contribution < -0.4 is 4.90 Å². The molecule has 1 aliphatic heterocycles. The normalized spacial score (nSPS) is 18.1. The molecule has 1 saturated heterocycles. The first-order chi connectivity index (χ1) is 9.97. The topological polar surface area (TPSA) is 66.4 Å². The Balaban J connectivity index is 1.90. The molecule has 3 rings (SSSR count). The molecule has 1 aliphatic rings. The zero-order valence-corrected chi connectivity index (χ0v) is 13.7. The van der Waals surface area contributed by atoms with Crippen molar-refractivity contribution in [3.05, 3.63) is 17.3 Å². The Morgan fingerprint density at radius 2 is 2.00 bits per heavy atom. The van der Waals surface area contributed by atoms with Gasteiger partial charge in [0.2, 0.25) is 10.0 Å². The fraction of sp³-hybridized carbons (Fsp3) is 0.538. The summed E-state index contributed by atoms with van der Waals surface area (Å²) in [5.74, 6) is 0.924. The second-order valence-electron chi connectivity index (χ2n) is 5.30. The number of sulfonamides is 1. The third-order valence-electron chi connectivity index (χ3n) is 3.74. The van der Waals surface area contributed by atoms with Gasteiger partial charge in [-0.3, -0.25) is 0 Å². The lowest BCUT2D eigenvalue weighted by Crippen LogP contribution is -2.34. The molecule has 6 nitrogen and oxygen atoms in total. The number of anilines is 1. The molecule has 0 saturated carbocycles. The molecule has 0 bridgehead atoms. The lowest BCUT2D eigenvalue weighted by atomic mass is 10.3. The second kappa shape index (κ2) is 5.51. The molecule has 2 aromatic heterocycles. The molecule has 0 amide bonds. The van der Waals surface area contributed by atoms with Crippen LogP contribution in [0, 0.1) is 6.92 Å². The molecule has 0 unspecified atom stereocenters. The Bertz CT molecular complexity index is 757. The smallest absolute Gasteiger partial charge is 0.211 e. The molecule has 0 N–H and O–H groups in total. The highest BCUT2D eigenvalue weighted by Gasteiger charge is 2.23. The summed E-state index contributed by atoms with van der Waals surface area (Å²) in [5.41, 5.74) is 2.15. The van der Waals surface area contributed by atoms with Crippen molar-refractivity contribution in [2.24, 2.45) is 0 Å². The van der Waals surface area contributed by atoms with Gasteiger partial charge in [-0.1, -0.05) is 0 Å². The highest BCUT2D eigenvalue weighted by Crippen LogP contribution is 2.31. The van der Waals surface area contributed by atoms with Crippen molar-refractivity contribution in [3.63, 3.8) is 0 Å². The fourth-order valence-electron chi connectivity index (χ4n) is 2.62. The van der Waals surface area contributed by atoms with Gasteiger partial charge in [-0.25, -0.2) is 22.7 Å². The Morgan fingerprint density at radius 1 is 1.19 bits per heavy atom. The molecular weight excluding hydrogens is 308 g/mol. The Kier molecular flexibility index (Phi) is 3.85. The van der Waals surface area contributed by atoms with E-state index in [4.69, 9.17) is 0 Å². The lowest BCUT2D eigenvalue weighted by Gasteiger charge is -2.22. The van der Waals surface area contributed by atoms with Gasteiger partial charge in [0.15, 0.2) is 0 Å². The summed E-state index contributed by atoms with van der Waals surface area (Å²) < 4.78 is 26.0. The molecule has 2 aromatic rings. The number of nitrogens with zero attached hydrogens (tertiary/aromatic N) is 4. The molecule has 8 heteroatoms. The van der Waals surface area contributed by atoms with Gasteiger partial charge in [0.05, 0.1) is 16.5 Å². The van der Waals surface area contributed by atoms with Crippen LogP contribution in [-0.2, 0) is 10.0 Å². The van der Waals surface area contributed by atoms with Crippen molar-refractivity contribution in [1.82, 2.24) is 14.3 Å². The molecule has 114 valence electrons. The highest BCUT2D eigenvalue weighted by molar-refractivity contribution is 7.88. The maximum absolute atomic E-state index is 11.7. The van der Waals surface area contributed by atoms with Crippen LogP contribution in [0.25, 0.3) is 10.2 Å². The van der Waals surface area contributed by atoms with Crippen LogP contribution in [0.5, 0.6) is 0 Å². The Labute approximate surface area is 128 Å². The largest absolute Gasteiger partial charge is 0.354 e. The first-order valence-electron chi connectivity index (χ1n) is 6.85. The fourth-order valence-corrected chi connectivity index (χ4v) is 4.51. The van der Waals surface area contributed by atoms with Gasteiger partial charge in [0, 0.05) is 26.2 Å². The lowest BCUT2D eigenvalue weighted by molar-refractivity contribution is 0.437. The molecule has 0 aliphatic carbocycles. The summed E-state index contributed by atoms with van der Waals surface area (Å²) in [6, 6.07) is 0. The van der Waals surface area contributed by atoms with E-state index in [1.807, 2.05) is 6.92 Å². The first kappa shape index (κ1) is 14.7. The molecule has 0 atom stereocenters. The van der Waals surface area contributed by atoms with Crippen molar-refractivity contribution in [2.45, 2.75) is 13.3 Å². The van der Waals surface area contributed by atoms with E-state index in [-0.39, 0.29) is 0 Å². The van der Waals surface area contributed by atoms with Crippen LogP contribution in [0.2, 0.25) is 0 Å². The minimum absolute atomic E-state index is 0.509. The number of aromatic nitrogens is 2. The van der Waals surface area contributed by atoms with Gasteiger partial charge in [0.25, 0.3) is 0 Å². The van der Waals surface area contributed by atoms with Crippen molar-refractivity contribution in [2.75, 3.05) is 37.3 Å². The van der Waals surface area contributed by atoms with Gasteiger partial charge in [-0.2, -0.15) is 0 Å². The van der Waals surface area contributed by atoms with Crippen LogP contribution in [0.3, 0.4) is 0 Å². The van der Waals surface area contributed by atoms with E-state index < -0.39 is 10.0 Å². The van der Waals surface area contributed by atoms with Crippen LogP contribution in [0.1, 0.15) is 12.0 Å². The summed E-state index contributed by atoms with van der Waals surface area (Å²) in [7, 11) is -3.12. The number of fused-ring (bicyclic) bond motifs is 1. The zero-order valence-electron chi connectivity index (χ0n) is 12.1. The quantitative estimate of drug-likeness (QED) is 0.836. The first-order valence-corrected chi connectivity index (χ1v) is 9.58. The van der Waals surface area contributed by atoms with Crippen LogP contribution in [-0.4, -0.2) is 55.1 Å². The third kappa shape index (κ3) is 2.88. The molecule has 21 heavy (non-hydrogen) atoms. The SMILES string of the molecule is Cc1csc2c(N3CCCN(S(C)(=O)=O)CC3)ncnc12. The van der Waals surface area contributed by atoms with E-state index >= 15 is 0 Å². The Morgan fingerprint density at radius 3 is 2.76 bits per heavy atom. The summed E-state index contributed by atoms with van der Waals surface area (Å²) >= 11 is 1.65. The summed E-state index contributed by atoms with van der Waals surface area (Å²) in [6.45, 7) is 4.61. The number of hydrogen-bond donors (Lipinski definition) is 0. The van der Waals surface area contributed by atoms with E-state index in [1.54, 1.807) is 22.0 Å². The van der Waals surface area contributed by atoms with E-state index in [2.05, 4.69) is 20.2 Å². The molecule has 3 heterocycles. The van der Waals surface area contributed by atoms with Gasteiger partial charge >= 0.3 is 0 Å². The highest BCUT2D eigenvalue weighted by atomic mass is 32.2. The average molecular weight is 326 g/mol. The van der Waals surface area contributed by atoms with E-state index in [0.29, 0.717) is 19.6 Å². The molecule has 0 radical (unpaired) electrons. The summed E-state index contributed by atoms with van der Waals surface area (Å²) in [4.78, 5) is 10.9. The summed E-state index contributed by atoms with van der Waals surface area (Å²) in [6.07, 6.45) is 3.67.